The Morgan fingerprint density at radius 1 is 0.862 bits per heavy atom. The second-order valence-corrected chi connectivity index (χ2v) is 7.30. The number of nitrogens with two attached hydrogens (primary N) is 1. The number of benzene rings is 3. The molecule has 0 saturated heterocycles. The first-order valence-electron chi connectivity index (χ1n) is 10.1. The number of quaternary nitrogens is 1. The summed E-state index contributed by atoms with van der Waals surface area (Å²) in [7, 11) is 0. The van der Waals surface area contributed by atoms with E-state index in [1.807, 2.05) is 6.07 Å². The predicted octanol–water partition coefficient (Wildman–Crippen LogP) is 4.46. The molecule has 3 aromatic carbocycles. The topological polar surface area (TPSA) is 55.5 Å². The van der Waals surface area contributed by atoms with Crippen LogP contribution in [0.3, 0.4) is 0 Å². The van der Waals surface area contributed by atoms with Gasteiger partial charge in [-0.25, -0.2) is 0 Å². The molecule has 0 amide bonds. The normalized spacial score (nSPS) is 12.1. The lowest BCUT2D eigenvalue weighted by Crippen LogP contribution is -2.84. The van der Waals surface area contributed by atoms with E-state index in [-0.39, 0.29) is 6.04 Å². The molecule has 0 unspecified atom stereocenters. The second kappa shape index (κ2) is 8.84. The van der Waals surface area contributed by atoms with Crippen LogP contribution in [0.25, 0.3) is 11.4 Å². The van der Waals surface area contributed by atoms with E-state index >= 15 is 0 Å². The van der Waals surface area contributed by atoms with Crippen molar-refractivity contribution in [2.24, 2.45) is 0 Å². The summed E-state index contributed by atoms with van der Waals surface area (Å²) in [6.07, 6.45) is 1.02. The minimum Gasteiger partial charge on any atom is -0.333 e. The van der Waals surface area contributed by atoms with Crippen molar-refractivity contribution in [1.29, 1.82) is 0 Å². The molecule has 4 nitrogen and oxygen atoms in total. The number of rotatable bonds is 7. The number of nitrogens with zero attached hydrogens (tertiary/aromatic N) is 2. The maximum atomic E-state index is 5.52. The van der Waals surface area contributed by atoms with Crippen molar-refractivity contribution >= 4 is 0 Å². The first-order chi connectivity index (χ1) is 14.2. The van der Waals surface area contributed by atoms with Crippen LogP contribution in [0.15, 0.2) is 83.4 Å². The Labute approximate surface area is 171 Å². The van der Waals surface area contributed by atoms with Crippen LogP contribution < -0.4 is 5.32 Å². The average Bonchev–Trinajstić information content (AvgIpc) is 3.25. The molecule has 2 N–H and O–H groups in total. The molecule has 0 aliphatic heterocycles. The van der Waals surface area contributed by atoms with Crippen LogP contribution in [0.1, 0.15) is 41.1 Å². The second-order valence-electron chi connectivity index (χ2n) is 7.30. The molecule has 1 aromatic heterocycles. The molecule has 0 saturated carbocycles. The van der Waals surface area contributed by atoms with Crippen molar-refractivity contribution in [3.8, 4) is 11.4 Å². The lowest BCUT2D eigenvalue weighted by molar-refractivity contribution is -0.704. The number of hydrogen-bond donors (Lipinski definition) is 1. The highest BCUT2D eigenvalue weighted by Gasteiger charge is 2.19. The third kappa shape index (κ3) is 4.61. The lowest BCUT2D eigenvalue weighted by atomic mass is 9.98. The average molecular weight is 385 g/mol. The van der Waals surface area contributed by atoms with Crippen molar-refractivity contribution in [3.63, 3.8) is 0 Å². The Bertz CT molecular complexity index is 1040. The van der Waals surface area contributed by atoms with E-state index in [1.54, 1.807) is 0 Å². The molecule has 4 heteroatoms. The van der Waals surface area contributed by atoms with Gasteiger partial charge in [-0.05, 0) is 18.9 Å². The first kappa shape index (κ1) is 19.1. The molecule has 4 aromatic rings. The summed E-state index contributed by atoms with van der Waals surface area (Å²) in [6.45, 7) is 4.88. The van der Waals surface area contributed by atoms with Crippen LogP contribution in [0.4, 0.5) is 0 Å². The first-order valence-corrected chi connectivity index (χ1v) is 10.1. The molecule has 1 heterocycles. The van der Waals surface area contributed by atoms with Crippen molar-refractivity contribution < 1.29 is 9.84 Å². The van der Waals surface area contributed by atoms with E-state index in [1.165, 1.54) is 22.3 Å². The minimum atomic E-state index is 0.177. The SMILES string of the molecule is CCc1ccc(-c2noc(C[NH2+][C@@H](c3ccccc3)c3ccc(C)cc3)n2)cc1. The summed E-state index contributed by atoms with van der Waals surface area (Å²) < 4.78 is 5.52. The highest BCUT2D eigenvalue weighted by molar-refractivity contribution is 5.54. The Kier molecular flexibility index (Phi) is 5.82. The number of aryl methyl sites for hydroxylation is 2. The molecule has 0 aliphatic rings. The van der Waals surface area contributed by atoms with Crippen LogP contribution in [-0.2, 0) is 13.0 Å². The van der Waals surface area contributed by atoms with Gasteiger partial charge in [-0.1, -0.05) is 96.5 Å². The molecule has 0 radical (unpaired) electrons. The summed E-state index contributed by atoms with van der Waals surface area (Å²) in [4.78, 5) is 4.60. The van der Waals surface area contributed by atoms with E-state index in [4.69, 9.17) is 4.52 Å². The maximum Gasteiger partial charge on any atom is 0.282 e. The van der Waals surface area contributed by atoms with Gasteiger partial charge in [0, 0.05) is 16.7 Å². The summed E-state index contributed by atoms with van der Waals surface area (Å²) in [5.74, 6) is 1.27. The molecule has 1 atom stereocenters. The summed E-state index contributed by atoms with van der Waals surface area (Å²) in [5, 5.41) is 6.42. The molecular formula is C25H26N3O+. The molecule has 146 valence electrons. The predicted molar refractivity (Wildman–Crippen MR) is 114 cm³/mol. The van der Waals surface area contributed by atoms with E-state index in [0.29, 0.717) is 18.3 Å². The Morgan fingerprint density at radius 2 is 1.55 bits per heavy atom. The number of hydrogen-bond acceptors (Lipinski definition) is 3. The quantitative estimate of drug-likeness (QED) is 0.512. The van der Waals surface area contributed by atoms with Crippen LogP contribution in [-0.4, -0.2) is 10.1 Å². The Hall–Kier alpha value is -3.24. The summed E-state index contributed by atoms with van der Waals surface area (Å²) >= 11 is 0. The van der Waals surface area contributed by atoms with Gasteiger partial charge in [-0.15, -0.1) is 0 Å². The van der Waals surface area contributed by atoms with Crippen molar-refractivity contribution in [1.82, 2.24) is 10.1 Å². The van der Waals surface area contributed by atoms with Crippen LogP contribution in [0.2, 0.25) is 0 Å². The molecule has 4 rings (SSSR count). The fourth-order valence-electron chi connectivity index (χ4n) is 3.46. The van der Waals surface area contributed by atoms with Gasteiger partial charge in [0.2, 0.25) is 5.82 Å². The van der Waals surface area contributed by atoms with E-state index in [0.717, 1.165) is 12.0 Å². The monoisotopic (exact) mass is 384 g/mol. The van der Waals surface area contributed by atoms with E-state index in [9.17, 15) is 0 Å². The zero-order chi connectivity index (χ0) is 20.1. The molecule has 0 bridgehead atoms. The summed E-state index contributed by atoms with van der Waals surface area (Å²) in [5.41, 5.74) is 6.06. The van der Waals surface area contributed by atoms with Gasteiger partial charge in [-0.3, -0.25) is 0 Å². The van der Waals surface area contributed by atoms with Crippen molar-refractivity contribution in [3.05, 3.63) is 107 Å². The molecule has 0 fully saturated rings. The van der Waals surface area contributed by atoms with Gasteiger partial charge in [0.1, 0.15) is 6.04 Å². The molecule has 0 aliphatic carbocycles. The minimum absolute atomic E-state index is 0.177. The lowest BCUT2D eigenvalue weighted by Gasteiger charge is -2.16. The van der Waals surface area contributed by atoms with Gasteiger partial charge in [0.15, 0.2) is 6.54 Å². The fourth-order valence-corrected chi connectivity index (χ4v) is 3.46. The number of aromatic nitrogens is 2. The third-order valence-electron chi connectivity index (χ3n) is 5.21. The van der Waals surface area contributed by atoms with Gasteiger partial charge in [0.25, 0.3) is 5.89 Å². The van der Waals surface area contributed by atoms with Gasteiger partial charge >= 0.3 is 0 Å². The largest absolute Gasteiger partial charge is 0.333 e. The molecular weight excluding hydrogens is 358 g/mol. The van der Waals surface area contributed by atoms with Crippen LogP contribution in [0.5, 0.6) is 0 Å². The van der Waals surface area contributed by atoms with Gasteiger partial charge < -0.3 is 9.84 Å². The van der Waals surface area contributed by atoms with Gasteiger partial charge in [-0.2, -0.15) is 4.98 Å². The van der Waals surface area contributed by atoms with Crippen LogP contribution in [0, 0.1) is 6.92 Å². The summed E-state index contributed by atoms with van der Waals surface area (Å²) in [6, 6.07) is 27.7. The standard InChI is InChI=1S/C25H25N3O/c1-3-19-11-15-22(16-12-19)25-27-23(29-28-25)17-26-24(20-7-5-4-6-8-20)21-13-9-18(2)10-14-21/h4-16,24,26H,3,17H2,1-2H3/p+1/t24-/m0/s1. The Morgan fingerprint density at radius 3 is 2.24 bits per heavy atom. The molecule has 0 spiro atoms. The van der Waals surface area contributed by atoms with Crippen LogP contribution >= 0.6 is 0 Å². The van der Waals surface area contributed by atoms with Crippen molar-refractivity contribution in [2.75, 3.05) is 0 Å². The highest BCUT2D eigenvalue weighted by Crippen LogP contribution is 2.20. The third-order valence-corrected chi connectivity index (χ3v) is 5.21. The zero-order valence-electron chi connectivity index (χ0n) is 16.9. The fraction of sp³-hybridized carbons (Fsp3) is 0.200. The highest BCUT2D eigenvalue weighted by atomic mass is 16.5. The van der Waals surface area contributed by atoms with Crippen molar-refractivity contribution in [2.45, 2.75) is 32.9 Å². The molecule has 29 heavy (non-hydrogen) atoms. The van der Waals surface area contributed by atoms with E-state index < -0.39 is 0 Å². The zero-order valence-corrected chi connectivity index (χ0v) is 16.9. The van der Waals surface area contributed by atoms with E-state index in [2.05, 4.69) is 102 Å². The Balaban J connectivity index is 1.52. The smallest absolute Gasteiger partial charge is 0.282 e. The van der Waals surface area contributed by atoms with Gasteiger partial charge in [0.05, 0.1) is 0 Å². The maximum absolute atomic E-state index is 5.52.